The first-order valence-electron chi connectivity index (χ1n) is 25.6. The predicted molar refractivity (Wildman–Crippen MR) is 265 cm³/mol. The second-order valence-corrected chi connectivity index (χ2v) is 17.7. The molecule has 7 heteroatoms. The number of fused-ring (bicyclic) bond motifs is 8. The number of benzene rings is 4. The van der Waals surface area contributed by atoms with E-state index >= 15 is 0 Å². The van der Waals surface area contributed by atoms with Crippen LogP contribution in [0, 0.1) is 0 Å². The second-order valence-electron chi connectivity index (χ2n) is 17.7. The standard InChI is InChI=1S/C55H84N2O5/c1-7-13-19-25-31-52-56-54-51(62-36-30-24-18-12-6)41-46-44-39-48(59-33-27-21-15-9-3)47(58-32-26-20-14-8-2)37-42(44)43-38-49(60-34-28-22-16-10-4)50(61-35-29-23-17-11-5)40-45(43)53(46)55(54)57-52/h37-41H,7-36H2,1-6H3,(H,56,57). The van der Waals surface area contributed by atoms with E-state index < -0.39 is 0 Å². The molecule has 7 nitrogen and oxygen atoms in total. The van der Waals surface area contributed by atoms with E-state index in [9.17, 15) is 0 Å². The molecule has 5 rings (SSSR count). The van der Waals surface area contributed by atoms with Gasteiger partial charge in [0.15, 0.2) is 23.0 Å². The SMILES string of the molecule is CCCCCCOc1cc2c3cc(OCCCCCC)c(OCCCCCC)cc3c3c(cc(OCCCCCC)c4[nH]c(CCCCCC)nc43)c2cc1OCCCCCC. The molecule has 4 aromatic carbocycles. The number of nitrogens with one attached hydrogen (secondary N) is 1. The molecule has 0 saturated carbocycles. The average Bonchev–Trinajstić information content (AvgIpc) is 3.72. The van der Waals surface area contributed by atoms with Gasteiger partial charge in [0.1, 0.15) is 22.6 Å². The fourth-order valence-electron chi connectivity index (χ4n) is 8.62. The van der Waals surface area contributed by atoms with Crippen LogP contribution in [0.2, 0.25) is 0 Å². The zero-order chi connectivity index (χ0) is 43.8. The van der Waals surface area contributed by atoms with Crippen molar-refractivity contribution in [2.24, 2.45) is 0 Å². The highest BCUT2D eigenvalue weighted by Crippen LogP contribution is 2.48. The van der Waals surface area contributed by atoms with E-state index in [0.717, 1.165) is 155 Å². The van der Waals surface area contributed by atoms with Gasteiger partial charge in [-0.15, -0.1) is 0 Å². The van der Waals surface area contributed by atoms with E-state index in [0.29, 0.717) is 33.0 Å². The summed E-state index contributed by atoms with van der Waals surface area (Å²) in [4.78, 5) is 9.25. The Labute approximate surface area is 375 Å². The van der Waals surface area contributed by atoms with Crippen LogP contribution in [-0.2, 0) is 6.42 Å². The van der Waals surface area contributed by atoms with E-state index in [1.165, 1.54) is 83.5 Å². The van der Waals surface area contributed by atoms with Crippen LogP contribution in [0.1, 0.15) is 201 Å². The lowest BCUT2D eigenvalue weighted by atomic mass is 9.92. The molecule has 0 aliphatic heterocycles. The van der Waals surface area contributed by atoms with Gasteiger partial charge in [0.25, 0.3) is 0 Å². The molecule has 0 saturated heterocycles. The zero-order valence-electron chi connectivity index (χ0n) is 40.1. The third kappa shape index (κ3) is 14.3. The van der Waals surface area contributed by atoms with Gasteiger partial charge in [-0.3, -0.25) is 0 Å². The Morgan fingerprint density at radius 3 is 1.03 bits per heavy atom. The van der Waals surface area contributed by atoms with Gasteiger partial charge < -0.3 is 28.7 Å². The number of H-pyrrole nitrogens is 1. The summed E-state index contributed by atoms with van der Waals surface area (Å²) in [5.41, 5.74) is 1.95. The van der Waals surface area contributed by atoms with Crippen molar-refractivity contribution in [1.82, 2.24) is 9.97 Å². The zero-order valence-corrected chi connectivity index (χ0v) is 40.1. The van der Waals surface area contributed by atoms with Crippen LogP contribution in [0.15, 0.2) is 30.3 Å². The fourth-order valence-corrected chi connectivity index (χ4v) is 8.62. The monoisotopic (exact) mass is 853 g/mol. The predicted octanol–water partition coefficient (Wildman–Crippen LogP) is 16.9. The molecule has 0 radical (unpaired) electrons. The van der Waals surface area contributed by atoms with Crippen LogP contribution in [0.25, 0.3) is 43.4 Å². The fraction of sp³-hybridized carbons (Fsp3) is 0.655. The minimum absolute atomic E-state index is 0.661. The Kier molecular flexibility index (Phi) is 22.2. The smallest absolute Gasteiger partial charge is 0.161 e. The molecule has 0 bridgehead atoms. The molecule has 0 aliphatic carbocycles. The number of ether oxygens (including phenoxy) is 5. The summed E-state index contributed by atoms with van der Waals surface area (Å²) in [6.45, 7) is 16.9. The molecule has 5 aromatic rings. The van der Waals surface area contributed by atoms with Crippen LogP contribution in [0.4, 0.5) is 0 Å². The van der Waals surface area contributed by atoms with Gasteiger partial charge in [-0.2, -0.15) is 0 Å². The van der Waals surface area contributed by atoms with Crippen LogP contribution < -0.4 is 23.7 Å². The minimum atomic E-state index is 0.661. The number of aromatic nitrogens is 2. The van der Waals surface area contributed by atoms with E-state index in [-0.39, 0.29) is 0 Å². The van der Waals surface area contributed by atoms with Crippen molar-refractivity contribution >= 4 is 43.4 Å². The molecule has 0 amide bonds. The van der Waals surface area contributed by atoms with Crippen molar-refractivity contribution in [3.8, 4) is 28.7 Å². The lowest BCUT2D eigenvalue weighted by Gasteiger charge is -2.20. The Hall–Kier alpha value is -3.87. The Bertz CT molecular complexity index is 1990. The van der Waals surface area contributed by atoms with E-state index in [2.05, 4.69) is 76.9 Å². The summed E-state index contributed by atoms with van der Waals surface area (Å²) < 4.78 is 33.6. The number of nitrogens with zero attached hydrogens (tertiary/aromatic N) is 1. The number of aryl methyl sites for hydroxylation is 1. The molecule has 1 heterocycles. The highest BCUT2D eigenvalue weighted by molar-refractivity contribution is 6.32. The maximum Gasteiger partial charge on any atom is 0.161 e. The molecule has 344 valence electrons. The number of hydrogen-bond acceptors (Lipinski definition) is 6. The van der Waals surface area contributed by atoms with E-state index in [1.54, 1.807) is 0 Å². The number of aromatic amines is 1. The Morgan fingerprint density at radius 1 is 0.355 bits per heavy atom. The number of rotatable bonds is 35. The lowest BCUT2D eigenvalue weighted by Crippen LogP contribution is -2.04. The Morgan fingerprint density at radius 2 is 0.661 bits per heavy atom. The molecule has 0 spiro atoms. The van der Waals surface area contributed by atoms with Crippen molar-refractivity contribution < 1.29 is 23.7 Å². The summed E-state index contributed by atoms with van der Waals surface area (Å²) in [6, 6.07) is 11.3. The van der Waals surface area contributed by atoms with Crippen molar-refractivity contribution in [2.75, 3.05) is 33.0 Å². The van der Waals surface area contributed by atoms with Gasteiger partial charge in [-0.05, 0) is 95.8 Å². The average molecular weight is 853 g/mol. The van der Waals surface area contributed by atoms with Gasteiger partial charge in [0.05, 0.1) is 33.0 Å². The largest absolute Gasteiger partial charge is 0.491 e. The molecule has 62 heavy (non-hydrogen) atoms. The lowest BCUT2D eigenvalue weighted by molar-refractivity contribution is 0.259. The first kappa shape index (κ1) is 49.2. The van der Waals surface area contributed by atoms with Crippen LogP contribution in [0.3, 0.4) is 0 Å². The van der Waals surface area contributed by atoms with Crippen molar-refractivity contribution in [3.63, 3.8) is 0 Å². The van der Waals surface area contributed by atoms with E-state index in [4.69, 9.17) is 28.7 Å². The molecule has 0 unspecified atom stereocenters. The van der Waals surface area contributed by atoms with Gasteiger partial charge in [0, 0.05) is 11.8 Å². The van der Waals surface area contributed by atoms with Crippen LogP contribution >= 0.6 is 0 Å². The second kappa shape index (κ2) is 28.0. The third-order valence-corrected chi connectivity index (χ3v) is 12.3. The quantitative estimate of drug-likeness (QED) is 0.0323. The first-order chi connectivity index (χ1) is 30.6. The number of hydrogen-bond donors (Lipinski definition) is 1. The normalized spacial score (nSPS) is 11.7. The molecule has 0 fully saturated rings. The van der Waals surface area contributed by atoms with Crippen LogP contribution in [-0.4, -0.2) is 43.0 Å². The Balaban J connectivity index is 1.77. The molecular weight excluding hydrogens is 769 g/mol. The van der Waals surface area contributed by atoms with Gasteiger partial charge >= 0.3 is 0 Å². The highest BCUT2D eigenvalue weighted by atomic mass is 16.5. The highest BCUT2D eigenvalue weighted by Gasteiger charge is 2.23. The number of unbranched alkanes of at least 4 members (excludes halogenated alkanes) is 18. The summed E-state index contributed by atoms with van der Waals surface area (Å²) in [6.07, 6.45) is 28.6. The summed E-state index contributed by atoms with van der Waals surface area (Å²) in [5, 5.41) is 6.68. The minimum Gasteiger partial charge on any atom is -0.491 e. The van der Waals surface area contributed by atoms with Crippen LogP contribution in [0.5, 0.6) is 28.7 Å². The molecule has 1 aromatic heterocycles. The summed E-state index contributed by atoms with van der Waals surface area (Å²) in [5.74, 6) is 5.13. The van der Waals surface area contributed by atoms with Crippen molar-refractivity contribution in [1.29, 1.82) is 0 Å². The molecular formula is C55H84N2O5. The van der Waals surface area contributed by atoms with Crippen molar-refractivity contribution in [3.05, 3.63) is 36.2 Å². The summed E-state index contributed by atoms with van der Waals surface area (Å²) >= 11 is 0. The molecule has 1 N–H and O–H groups in total. The van der Waals surface area contributed by atoms with Crippen molar-refractivity contribution in [2.45, 2.75) is 202 Å². The maximum atomic E-state index is 6.76. The third-order valence-electron chi connectivity index (χ3n) is 12.3. The number of imidazole rings is 1. The topological polar surface area (TPSA) is 74.8 Å². The summed E-state index contributed by atoms with van der Waals surface area (Å²) in [7, 11) is 0. The molecule has 0 aliphatic rings. The van der Waals surface area contributed by atoms with Gasteiger partial charge in [-0.1, -0.05) is 157 Å². The van der Waals surface area contributed by atoms with Gasteiger partial charge in [-0.25, -0.2) is 4.98 Å². The maximum absolute atomic E-state index is 6.76. The molecule has 0 atom stereocenters. The van der Waals surface area contributed by atoms with E-state index in [1.807, 2.05) is 0 Å². The van der Waals surface area contributed by atoms with Gasteiger partial charge in [0.2, 0.25) is 0 Å². The first-order valence-corrected chi connectivity index (χ1v) is 25.6.